The van der Waals surface area contributed by atoms with E-state index in [9.17, 15) is 0 Å². The van der Waals surface area contributed by atoms with Crippen molar-refractivity contribution < 1.29 is 8.83 Å². The number of hydrogen-bond acceptors (Lipinski definition) is 3. The first-order valence-corrected chi connectivity index (χ1v) is 16.6. The highest BCUT2D eigenvalue weighted by atomic mass is 16.3. The van der Waals surface area contributed by atoms with Gasteiger partial charge in [-0.1, -0.05) is 103 Å². The van der Waals surface area contributed by atoms with Gasteiger partial charge >= 0.3 is 0 Å². The lowest BCUT2D eigenvalue weighted by molar-refractivity contribution is 0.669. The Labute approximate surface area is 282 Å². The van der Waals surface area contributed by atoms with Gasteiger partial charge in [0.1, 0.15) is 22.3 Å². The van der Waals surface area contributed by atoms with Gasteiger partial charge in [-0.25, -0.2) is 0 Å². The molecule has 2 aromatic heterocycles. The van der Waals surface area contributed by atoms with Gasteiger partial charge in [0, 0.05) is 50.7 Å². The first-order valence-electron chi connectivity index (χ1n) is 16.6. The molecule has 0 bridgehead atoms. The molecule has 0 N–H and O–H groups in total. The van der Waals surface area contributed by atoms with E-state index in [0.717, 1.165) is 60.9 Å². The lowest BCUT2D eigenvalue weighted by Gasteiger charge is -2.25. The summed E-state index contributed by atoms with van der Waals surface area (Å²) in [5, 5.41) is 6.91. The van der Waals surface area contributed by atoms with Crippen molar-refractivity contribution in [1.29, 1.82) is 0 Å². The Morgan fingerprint density at radius 3 is 1.27 bits per heavy atom. The number of furan rings is 2. The van der Waals surface area contributed by atoms with E-state index >= 15 is 0 Å². The summed E-state index contributed by atoms with van der Waals surface area (Å²) in [5.41, 5.74) is 11.4. The molecule has 0 aliphatic rings. The third kappa shape index (κ3) is 4.67. The molecule has 0 fully saturated rings. The molecule has 0 spiro atoms. The molecule has 3 nitrogen and oxygen atoms in total. The van der Waals surface area contributed by atoms with Crippen molar-refractivity contribution in [3.05, 3.63) is 176 Å². The molecule has 0 aliphatic carbocycles. The molecular weight excluding hydrogens is 599 g/mol. The fourth-order valence-corrected chi connectivity index (χ4v) is 7.19. The van der Waals surface area contributed by atoms with E-state index in [0.29, 0.717) is 0 Å². The van der Waals surface area contributed by atoms with Gasteiger partial charge in [-0.2, -0.15) is 0 Å². The van der Waals surface area contributed by atoms with Crippen molar-refractivity contribution in [3.8, 4) is 22.3 Å². The normalized spacial score (nSPS) is 11.7. The van der Waals surface area contributed by atoms with Crippen LogP contribution in [0.25, 0.3) is 76.9 Å². The largest absolute Gasteiger partial charge is 0.456 e. The third-order valence-corrected chi connectivity index (χ3v) is 9.65. The molecule has 0 unspecified atom stereocenters. The van der Waals surface area contributed by atoms with Gasteiger partial charge in [-0.05, 0) is 93.7 Å². The van der Waals surface area contributed by atoms with Crippen LogP contribution in [0.3, 0.4) is 0 Å². The molecule has 2 heterocycles. The number of hydrogen-bond donors (Lipinski definition) is 0. The van der Waals surface area contributed by atoms with Gasteiger partial charge in [-0.3, -0.25) is 0 Å². The Morgan fingerprint density at radius 2 is 0.714 bits per heavy atom. The Kier molecular flexibility index (Phi) is 6.18. The summed E-state index contributed by atoms with van der Waals surface area (Å²) in [4.78, 5) is 2.27. The number of rotatable bonds is 5. The molecule has 3 heteroatoms. The smallest absolute Gasteiger partial charge is 0.137 e. The first-order chi connectivity index (χ1) is 24.2. The predicted molar refractivity (Wildman–Crippen MR) is 204 cm³/mol. The van der Waals surface area contributed by atoms with Gasteiger partial charge < -0.3 is 13.7 Å². The maximum atomic E-state index is 6.32. The van der Waals surface area contributed by atoms with Gasteiger partial charge in [0.2, 0.25) is 0 Å². The quantitative estimate of drug-likeness (QED) is 0.190. The Hall–Kier alpha value is -6.58. The molecule has 0 saturated heterocycles. The molecule has 49 heavy (non-hydrogen) atoms. The summed E-state index contributed by atoms with van der Waals surface area (Å²) in [6, 6.07) is 62.1. The van der Waals surface area contributed by atoms with E-state index in [1.165, 1.54) is 33.0 Å². The van der Waals surface area contributed by atoms with Gasteiger partial charge in [-0.15, -0.1) is 0 Å². The molecule has 0 aliphatic heterocycles. The number of fused-ring (bicyclic) bond motifs is 7. The first kappa shape index (κ1) is 27.5. The lowest BCUT2D eigenvalue weighted by Crippen LogP contribution is -2.09. The molecule has 0 amide bonds. The maximum Gasteiger partial charge on any atom is 0.137 e. The zero-order valence-electron chi connectivity index (χ0n) is 26.5. The molecule has 10 aromatic rings. The van der Waals surface area contributed by atoms with E-state index in [2.05, 4.69) is 157 Å². The summed E-state index contributed by atoms with van der Waals surface area (Å²) < 4.78 is 12.6. The van der Waals surface area contributed by atoms with Crippen LogP contribution in [0.15, 0.2) is 185 Å². The summed E-state index contributed by atoms with van der Waals surface area (Å²) in [6.45, 7) is 0. The van der Waals surface area contributed by atoms with Crippen LogP contribution in [0.4, 0.5) is 17.1 Å². The minimum Gasteiger partial charge on any atom is -0.456 e. The van der Waals surface area contributed by atoms with Crippen molar-refractivity contribution >= 4 is 71.7 Å². The van der Waals surface area contributed by atoms with Crippen LogP contribution in [0.2, 0.25) is 0 Å². The molecule has 0 radical (unpaired) electrons. The molecule has 0 saturated carbocycles. The highest BCUT2D eigenvalue weighted by Crippen LogP contribution is 2.41. The fourth-order valence-electron chi connectivity index (χ4n) is 7.19. The molecular formula is C46H29NO2. The summed E-state index contributed by atoms with van der Waals surface area (Å²) >= 11 is 0. The topological polar surface area (TPSA) is 29.5 Å². The van der Waals surface area contributed by atoms with E-state index in [-0.39, 0.29) is 0 Å². The van der Waals surface area contributed by atoms with E-state index in [4.69, 9.17) is 8.83 Å². The SMILES string of the molecule is c1ccc(-c2ccc3cc(-c4ccc(N(c5ccc6c(c5)oc5ccccc56)c5ccc6c(c5)oc5ccccc56)cc4)ccc3c2)cc1. The van der Waals surface area contributed by atoms with Crippen molar-refractivity contribution in [2.75, 3.05) is 4.90 Å². The van der Waals surface area contributed by atoms with Crippen molar-refractivity contribution in [2.45, 2.75) is 0 Å². The van der Waals surface area contributed by atoms with Crippen LogP contribution in [0.1, 0.15) is 0 Å². The summed E-state index contributed by atoms with van der Waals surface area (Å²) in [6.07, 6.45) is 0. The number of anilines is 3. The predicted octanol–water partition coefficient (Wildman–Crippen LogP) is 13.4. The Morgan fingerprint density at radius 1 is 0.286 bits per heavy atom. The molecule has 8 aromatic carbocycles. The number of para-hydroxylation sites is 2. The van der Waals surface area contributed by atoms with Gasteiger partial charge in [0.15, 0.2) is 0 Å². The average Bonchev–Trinajstić information content (AvgIpc) is 3.73. The van der Waals surface area contributed by atoms with Crippen LogP contribution in [0, 0.1) is 0 Å². The Balaban J connectivity index is 1.06. The summed E-state index contributed by atoms with van der Waals surface area (Å²) in [7, 11) is 0. The fraction of sp³-hybridized carbons (Fsp3) is 0. The second-order valence-electron chi connectivity index (χ2n) is 12.6. The highest BCUT2D eigenvalue weighted by molar-refractivity contribution is 6.08. The van der Waals surface area contributed by atoms with Crippen molar-refractivity contribution in [1.82, 2.24) is 0 Å². The number of nitrogens with zero attached hydrogens (tertiary/aromatic N) is 1. The van der Waals surface area contributed by atoms with Crippen LogP contribution in [-0.2, 0) is 0 Å². The van der Waals surface area contributed by atoms with Crippen LogP contribution < -0.4 is 4.90 Å². The van der Waals surface area contributed by atoms with E-state index < -0.39 is 0 Å². The van der Waals surface area contributed by atoms with E-state index in [1.807, 2.05) is 24.3 Å². The standard InChI is InChI=1S/C46H29NO2/c1-2-8-30(9-3-1)32-14-16-35-27-33(15-17-34(35)26-32)31-18-20-36(21-19-31)47(37-22-24-41-39-10-4-6-12-43(39)48-45(41)28-37)38-23-25-42-40-11-5-7-13-44(40)49-46(42)29-38/h1-29H. The van der Waals surface area contributed by atoms with Crippen LogP contribution >= 0.6 is 0 Å². The summed E-state index contributed by atoms with van der Waals surface area (Å²) in [5.74, 6) is 0. The van der Waals surface area contributed by atoms with Gasteiger partial charge in [0.05, 0.1) is 0 Å². The van der Waals surface area contributed by atoms with Crippen LogP contribution in [-0.4, -0.2) is 0 Å². The minimum atomic E-state index is 0.858. The molecule has 230 valence electrons. The van der Waals surface area contributed by atoms with Crippen molar-refractivity contribution in [3.63, 3.8) is 0 Å². The van der Waals surface area contributed by atoms with Gasteiger partial charge in [0.25, 0.3) is 0 Å². The Bertz CT molecular complexity index is 2710. The average molecular weight is 628 g/mol. The van der Waals surface area contributed by atoms with Crippen molar-refractivity contribution in [2.24, 2.45) is 0 Å². The minimum absolute atomic E-state index is 0.858. The third-order valence-electron chi connectivity index (χ3n) is 9.65. The second-order valence-corrected chi connectivity index (χ2v) is 12.6. The zero-order valence-corrected chi connectivity index (χ0v) is 26.5. The molecule has 10 rings (SSSR count). The monoisotopic (exact) mass is 627 g/mol. The second kappa shape index (κ2) is 11.0. The maximum absolute atomic E-state index is 6.32. The van der Waals surface area contributed by atoms with Crippen LogP contribution in [0.5, 0.6) is 0 Å². The highest BCUT2D eigenvalue weighted by Gasteiger charge is 2.18. The zero-order chi connectivity index (χ0) is 32.3. The lowest BCUT2D eigenvalue weighted by atomic mass is 9.97. The molecule has 0 atom stereocenters. The van der Waals surface area contributed by atoms with E-state index in [1.54, 1.807) is 0 Å². The number of benzene rings is 8.